The van der Waals surface area contributed by atoms with Crippen LogP contribution in [0.5, 0.6) is 5.75 Å². The van der Waals surface area contributed by atoms with Gasteiger partial charge in [0.25, 0.3) is 5.91 Å². The molecule has 1 saturated heterocycles. The molecule has 126 valence electrons. The van der Waals surface area contributed by atoms with E-state index < -0.39 is 0 Å². The maximum atomic E-state index is 12.1. The Balaban J connectivity index is 1.55. The Morgan fingerprint density at radius 1 is 1.12 bits per heavy atom. The number of piperidine rings is 1. The summed E-state index contributed by atoms with van der Waals surface area (Å²) in [4.78, 5) is 12.1. The van der Waals surface area contributed by atoms with Crippen molar-refractivity contribution in [3.8, 4) is 5.75 Å². The van der Waals surface area contributed by atoms with Gasteiger partial charge in [-0.15, -0.1) is 0 Å². The lowest BCUT2D eigenvalue weighted by atomic mass is 10.0. The molecule has 1 atom stereocenters. The number of para-hydroxylation sites is 1. The molecule has 0 aromatic heterocycles. The Bertz CT molecular complexity index is 652. The first-order chi connectivity index (χ1) is 11.8. The van der Waals surface area contributed by atoms with Crippen LogP contribution in [0.3, 0.4) is 0 Å². The lowest BCUT2D eigenvalue weighted by molar-refractivity contribution is -0.123. The van der Waals surface area contributed by atoms with Gasteiger partial charge in [-0.3, -0.25) is 4.79 Å². The van der Waals surface area contributed by atoms with Crippen LogP contribution in [0.15, 0.2) is 54.6 Å². The lowest BCUT2D eigenvalue weighted by Gasteiger charge is -2.23. The second kappa shape index (κ2) is 8.50. The molecule has 0 spiro atoms. The quantitative estimate of drug-likeness (QED) is 0.858. The van der Waals surface area contributed by atoms with Crippen LogP contribution >= 0.6 is 0 Å². The van der Waals surface area contributed by atoms with Crippen LogP contribution in [-0.4, -0.2) is 31.6 Å². The first kappa shape index (κ1) is 16.5. The molecule has 1 heterocycles. The van der Waals surface area contributed by atoms with Crippen molar-refractivity contribution in [2.45, 2.75) is 25.3 Å². The predicted molar refractivity (Wildman–Crippen MR) is 95.2 cm³/mol. The first-order valence-electron chi connectivity index (χ1n) is 8.56. The number of carbonyl (C=O) groups excluding carboxylic acids is 1. The topological polar surface area (TPSA) is 50.4 Å². The lowest BCUT2D eigenvalue weighted by Crippen LogP contribution is -2.47. The van der Waals surface area contributed by atoms with Gasteiger partial charge in [-0.25, -0.2) is 0 Å². The minimum absolute atomic E-state index is 0.0572. The van der Waals surface area contributed by atoms with Crippen molar-refractivity contribution < 1.29 is 9.53 Å². The highest BCUT2D eigenvalue weighted by molar-refractivity contribution is 5.77. The zero-order valence-corrected chi connectivity index (χ0v) is 13.8. The molecule has 0 radical (unpaired) electrons. The molecule has 1 aliphatic rings. The van der Waals surface area contributed by atoms with Crippen molar-refractivity contribution in [2.24, 2.45) is 0 Å². The standard InChI is InChI=1S/C20H24N2O2/c23-20(22-18-10-6-12-21-14-18)15-24-19-11-5-4-9-17(19)13-16-7-2-1-3-8-16/h1-5,7-9,11,18,21H,6,10,12-15H2,(H,22,23). The Morgan fingerprint density at radius 2 is 1.92 bits per heavy atom. The van der Waals surface area contributed by atoms with Crippen molar-refractivity contribution >= 4 is 5.91 Å². The van der Waals surface area contributed by atoms with Gasteiger partial charge in [0, 0.05) is 19.0 Å². The maximum absolute atomic E-state index is 12.1. The summed E-state index contributed by atoms with van der Waals surface area (Å²) in [5, 5.41) is 6.33. The Hall–Kier alpha value is -2.33. The van der Waals surface area contributed by atoms with Crippen LogP contribution in [0, 0.1) is 0 Å². The summed E-state index contributed by atoms with van der Waals surface area (Å²) in [5.74, 6) is 0.719. The van der Waals surface area contributed by atoms with E-state index in [9.17, 15) is 4.79 Å². The SMILES string of the molecule is O=C(COc1ccccc1Cc1ccccc1)NC1CCCNC1. The fourth-order valence-corrected chi connectivity index (χ4v) is 2.99. The summed E-state index contributed by atoms with van der Waals surface area (Å²) in [5.41, 5.74) is 2.32. The molecule has 2 aromatic rings. The van der Waals surface area contributed by atoms with Gasteiger partial charge >= 0.3 is 0 Å². The molecule has 2 aromatic carbocycles. The molecule has 1 aliphatic heterocycles. The van der Waals surface area contributed by atoms with E-state index in [1.807, 2.05) is 42.5 Å². The fraction of sp³-hybridized carbons (Fsp3) is 0.350. The monoisotopic (exact) mass is 324 g/mol. The number of hydrogen-bond acceptors (Lipinski definition) is 3. The van der Waals surface area contributed by atoms with E-state index in [2.05, 4.69) is 22.8 Å². The summed E-state index contributed by atoms with van der Waals surface area (Å²) >= 11 is 0. The van der Waals surface area contributed by atoms with Crippen LogP contribution in [0.2, 0.25) is 0 Å². The second-order valence-electron chi connectivity index (χ2n) is 6.17. The number of amides is 1. The van der Waals surface area contributed by atoms with Crippen LogP contribution in [0.25, 0.3) is 0 Å². The fourth-order valence-electron chi connectivity index (χ4n) is 2.99. The number of hydrogen-bond donors (Lipinski definition) is 2. The van der Waals surface area contributed by atoms with E-state index in [1.165, 1.54) is 5.56 Å². The van der Waals surface area contributed by atoms with E-state index in [-0.39, 0.29) is 18.6 Å². The predicted octanol–water partition coefficient (Wildman–Crippen LogP) is 2.52. The molecule has 0 aliphatic carbocycles. The third-order valence-electron chi connectivity index (χ3n) is 4.23. The summed E-state index contributed by atoms with van der Waals surface area (Å²) < 4.78 is 5.78. The molecule has 0 saturated carbocycles. The highest BCUT2D eigenvalue weighted by atomic mass is 16.5. The molecule has 1 amide bonds. The number of nitrogens with one attached hydrogen (secondary N) is 2. The summed E-state index contributed by atoms with van der Waals surface area (Å²) in [6, 6.07) is 18.4. The number of ether oxygens (including phenoxy) is 1. The first-order valence-corrected chi connectivity index (χ1v) is 8.56. The molecular formula is C20H24N2O2. The van der Waals surface area contributed by atoms with E-state index in [4.69, 9.17) is 4.74 Å². The Morgan fingerprint density at radius 3 is 2.71 bits per heavy atom. The third kappa shape index (κ3) is 4.83. The maximum Gasteiger partial charge on any atom is 0.258 e. The van der Waals surface area contributed by atoms with E-state index in [0.717, 1.165) is 43.7 Å². The van der Waals surface area contributed by atoms with Gasteiger partial charge in [0.15, 0.2) is 6.61 Å². The van der Waals surface area contributed by atoms with Crippen LogP contribution < -0.4 is 15.4 Å². The zero-order valence-electron chi connectivity index (χ0n) is 13.8. The molecular weight excluding hydrogens is 300 g/mol. The molecule has 2 N–H and O–H groups in total. The molecule has 1 fully saturated rings. The average molecular weight is 324 g/mol. The van der Waals surface area contributed by atoms with Crippen molar-refractivity contribution in [3.05, 3.63) is 65.7 Å². The number of carbonyl (C=O) groups is 1. The smallest absolute Gasteiger partial charge is 0.258 e. The molecule has 1 unspecified atom stereocenters. The Labute approximate surface area is 143 Å². The molecule has 0 bridgehead atoms. The van der Waals surface area contributed by atoms with Crippen molar-refractivity contribution in [1.82, 2.24) is 10.6 Å². The normalized spacial score (nSPS) is 17.2. The van der Waals surface area contributed by atoms with E-state index in [1.54, 1.807) is 0 Å². The average Bonchev–Trinajstić information content (AvgIpc) is 2.63. The molecule has 3 rings (SSSR count). The van der Waals surface area contributed by atoms with E-state index in [0.29, 0.717) is 0 Å². The van der Waals surface area contributed by atoms with Gasteiger partial charge in [-0.05, 0) is 36.6 Å². The summed E-state index contributed by atoms with van der Waals surface area (Å²) in [6.45, 7) is 1.94. The van der Waals surface area contributed by atoms with Gasteiger partial charge in [-0.2, -0.15) is 0 Å². The van der Waals surface area contributed by atoms with Gasteiger partial charge < -0.3 is 15.4 Å². The molecule has 4 nitrogen and oxygen atoms in total. The minimum atomic E-state index is -0.0572. The van der Waals surface area contributed by atoms with Crippen molar-refractivity contribution in [2.75, 3.05) is 19.7 Å². The van der Waals surface area contributed by atoms with Crippen LogP contribution in [0.1, 0.15) is 24.0 Å². The summed E-state index contributed by atoms with van der Waals surface area (Å²) in [6.07, 6.45) is 2.93. The largest absolute Gasteiger partial charge is 0.483 e. The van der Waals surface area contributed by atoms with Gasteiger partial charge in [0.2, 0.25) is 0 Å². The molecule has 24 heavy (non-hydrogen) atoms. The number of benzene rings is 2. The van der Waals surface area contributed by atoms with Crippen LogP contribution in [-0.2, 0) is 11.2 Å². The highest BCUT2D eigenvalue weighted by Crippen LogP contribution is 2.21. The van der Waals surface area contributed by atoms with Gasteiger partial charge in [0.05, 0.1) is 0 Å². The summed E-state index contributed by atoms with van der Waals surface area (Å²) in [7, 11) is 0. The van der Waals surface area contributed by atoms with Gasteiger partial charge in [0.1, 0.15) is 5.75 Å². The van der Waals surface area contributed by atoms with E-state index >= 15 is 0 Å². The molecule has 4 heteroatoms. The van der Waals surface area contributed by atoms with Crippen LogP contribution in [0.4, 0.5) is 0 Å². The second-order valence-corrected chi connectivity index (χ2v) is 6.17. The zero-order chi connectivity index (χ0) is 16.6. The van der Waals surface area contributed by atoms with Crippen molar-refractivity contribution in [1.29, 1.82) is 0 Å². The number of rotatable bonds is 6. The third-order valence-corrected chi connectivity index (χ3v) is 4.23. The Kier molecular flexibility index (Phi) is 5.85. The highest BCUT2D eigenvalue weighted by Gasteiger charge is 2.15. The van der Waals surface area contributed by atoms with Crippen molar-refractivity contribution in [3.63, 3.8) is 0 Å². The van der Waals surface area contributed by atoms with Gasteiger partial charge in [-0.1, -0.05) is 48.5 Å². The minimum Gasteiger partial charge on any atom is -0.483 e.